The first kappa shape index (κ1) is 13.4. The molecular weight excluding hydrogens is 251 g/mol. The third-order valence-electron chi connectivity index (χ3n) is 3.12. The number of rotatable bonds is 5. The molecule has 0 spiro atoms. The highest BCUT2D eigenvalue weighted by Crippen LogP contribution is 2.32. The molecule has 2 rings (SSSR count). The lowest BCUT2D eigenvalue weighted by molar-refractivity contribution is 0.611. The standard InChI is InChI=1S/C12H19FN4S/c1-3-18-10-6-4-5-9(10)16-11-8(13)7-15-12(14-2)17-11/h7,9-10H,3-6H2,1-2H3,(H2,14,15,16,17). The van der Waals surface area contributed by atoms with Crippen molar-refractivity contribution < 1.29 is 4.39 Å². The summed E-state index contributed by atoms with van der Waals surface area (Å²) in [6.45, 7) is 2.16. The second-order valence-corrected chi connectivity index (χ2v) is 5.83. The highest BCUT2D eigenvalue weighted by atomic mass is 32.2. The lowest BCUT2D eigenvalue weighted by atomic mass is 10.2. The van der Waals surface area contributed by atoms with Gasteiger partial charge in [0.25, 0.3) is 0 Å². The van der Waals surface area contributed by atoms with Crippen molar-refractivity contribution in [1.29, 1.82) is 0 Å². The second-order valence-electron chi connectivity index (χ2n) is 4.32. The average molecular weight is 270 g/mol. The maximum atomic E-state index is 13.7. The maximum Gasteiger partial charge on any atom is 0.224 e. The van der Waals surface area contributed by atoms with Crippen molar-refractivity contribution in [3.8, 4) is 0 Å². The molecule has 1 aromatic rings. The topological polar surface area (TPSA) is 49.8 Å². The predicted molar refractivity (Wildman–Crippen MR) is 74.7 cm³/mol. The minimum Gasteiger partial charge on any atom is -0.364 e. The zero-order chi connectivity index (χ0) is 13.0. The summed E-state index contributed by atoms with van der Waals surface area (Å²) in [5.41, 5.74) is 0. The number of anilines is 2. The van der Waals surface area contributed by atoms with E-state index in [0.717, 1.165) is 12.2 Å². The quantitative estimate of drug-likeness (QED) is 0.861. The zero-order valence-corrected chi connectivity index (χ0v) is 11.6. The number of thioether (sulfide) groups is 1. The zero-order valence-electron chi connectivity index (χ0n) is 10.7. The Labute approximate surface area is 111 Å². The van der Waals surface area contributed by atoms with Crippen LogP contribution in [0.1, 0.15) is 26.2 Å². The van der Waals surface area contributed by atoms with E-state index in [-0.39, 0.29) is 5.82 Å². The van der Waals surface area contributed by atoms with E-state index in [2.05, 4.69) is 27.5 Å². The van der Waals surface area contributed by atoms with E-state index < -0.39 is 0 Å². The van der Waals surface area contributed by atoms with Crippen LogP contribution < -0.4 is 10.6 Å². The van der Waals surface area contributed by atoms with Gasteiger partial charge in [-0.3, -0.25) is 0 Å². The average Bonchev–Trinajstić information content (AvgIpc) is 2.80. The van der Waals surface area contributed by atoms with Gasteiger partial charge in [0.1, 0.15) is 0 Å². The second kappa shape index (κ2) is 6.22. The molecule has 2 atom stereocenters. The smallest absolute Gasteiger partial charge is 0.224 e. The van der Waals surface area contributed by atoms with Crippen molar-refractivity contribution in [2.75, 3.05) is 23.4 Å². The summed E-state index contributed by atoms with van der Waals surface area (Å²) in [5.74, 6) is 1.46. The SMILES string of the molecule is CCSC1CCCC1Nc1nc(NC)ncc1F. The van der Waals surface area contributed by atoms with Crippen LogP contribution in [0.3, 0.4) is 0 Å². The van der Waals surface area contributed by atoms with Gasteiger partial charge in [0, 0.05) is 18.3 Å². The van der Waals surface area contributed by atoms with Gasteiger partial charge in [0.2, 0.25) is 5.95 Å². The molecule has 0 bridgehead atoms. The molecule has 0 aliphatic heterocycles. The molecule has 6 heteroatoms. The number of halogens is 1. The number of hydrogen-bond acceptors (Lipinski definition) is 5. The third kappa shape index (κ3) is 3.04. The normalized spacial score (nSPS) is 23.1. The van der Waals surface area contributed by atoms with Gasteiger partial charge in [0.05, 0.1) is 6.20 Å². The largest absolute Gasteiger partial charge is 0.364 e. The van der Waals surface area contributed by atoms with Crippen LogP contribution in [0, 0.1) is 5.82 Å². The van der Waals surface area contributed by atoms with Gasteiger partial charge in [-0.05, 0) is 18.6 Å². The van der Waals surface area contributed by atoms with Crippen LogP contribution in [0.2, 0.25) is 0 Å². The molecule has 1 aliphatic carbocycles. The van der Waals surface area contributed by atoms with E-state index in [1.165, 1.54) is 19.0 Å². The van der Waals surface area contributed by atoms with Crippen LogP contribution in [-0.4, -0.2) is 34.1 Å². The molecule has 1 aliphatic rings. The molecule has 18 heavy (non-hydrogen) atoms. The Morgan fingerprint density at radius 2 is 2.33 bits per heavy atom. The molecule has 1 saturated carbocycles. The van der Waals surface area contributed by atoms with Crippen molar-refractivity contribution in [2.24, 2.45) is 0 Å². The Balaban J connectivity index is 2.08. The fourth-order valence-corrected chi connectivity index (χ4v) is 3.47. The molecule has 100 valence electrons. The molecule has 0 aromatic carbocycles. The van der Waals surface area contributed by atoms with E-state index in [1.54, 1.807) is 7.05 Å². The molecule has 1 heterocycles. The summed E-state index contributed by atoms with van der Waals surface area (Å²) >= 11 is 1.94. The fraction of sp³-hybridized carbons (Fsp3) is 0.667. The van der Waals surface area contributed by atoms with Gasteiger partial charge in [-0.15, -0.1) is 0 Å². The third-order valence-corrected chi connectivity index (χ3v) is 4.45. The molecule has 0 amide bonds. The molecule has 0 radical (unpaired) electrons. The Kier molecular flexibility index (Phi) is 4.63. The number of nitrogens with one attached hydrogen (secondary N) is 2. The van der Waals surface area contributed by atoms with Gasteiger partial charge >= 0.3 is 0 Å². The van der Waals surface area contributed by atoms with Gasteiger partial charge in [-0.2, -0.15) is 16.7 Å². The van der Waals surface area contributed by atoms with E-state index in [9.17, 15) is 4.39 Å². The Morgan fingerprint density at radius 3 is 3.06 bits per heavy atom. The first-order valence-corrected chi connectivity index (χ1v) is 7.38. The van der Waals surface area contributed by atoms with Crippen LogP contribution in [0.25, 0.3) is 0 Å². The summed E-state index contributed by atoms with van der Waals surface area (Å²) in [7, 11) is 1.72. The van der Waals surface area contributed by atoms with Gasteiger partial charge in [-0.25, -0.2) is 9.37 Å². The number of nitrogens with zero attached hydrogens (tertiary/aromatic N) is 2. The van der Waals surface area contributed by atoms with E-state index >= 15 is 0 Å². The van der Waals surface area contributed by atoms with Crippen LogP contribution in [0.4, 0.5) is 16.2 Å². The van der Waals surface area contributed by atoms with Gasteiger partial charge in [0.15, 0.2) is 11.6 Å². The summed E-state index contributed by atoms with van der Waals surface area (Å²) in [4.78, 5) is 7.98. The molecule has 0 saturated heterocycles. The first-order chi connectivity index (χ1) is 8.74. The van der Waals surface area contributed by atoms with Crippen molar-refractivity contribution >= 4 is 23.5 Å². The lowest BCUT2D eigenvalue weighted by Crippen LogP contribution is -2.27. The van der Waals surface area contributed by atoms with Crippen LogP contribution in [0.15, 0.2) is 6.20 Å². The van der Waals surface area contributed by atoms with Gasteiger partial charge < -0.3 is 10.6 Å². The number of hydrogen-bond donors (Lipinski definition) is 2. The van der Waals surface area contributed by atoms with Crippen LogP contribution in [0.5, 0.6) is 0 Å². The van der Waals surface area contributed by atoms with E-state index in [4.69, 9.17) is 0 Å². The van der Waals surface area contributed by atoms with E-state index in [0.29, 0.717) is 23.1 Å². The lowest BCUT2D eigenvalue weighted by Gasteiger charge is -2.21. The Morgan fingerprint density at radius 1 is 1.50 bits per heavy atom. The summed E-state index contributed by atoms with van der Waals surface area (Å²) in [6, 6.07) is 0.309. The Hall–Kier alpha value is -1.04. The highest BCUT2D eigenvalue weighted by molar-refractivity contribution is 7.99. The summed E-state index contributed by atoms with van der Waals surface area (Å²) in [5, 5.41) is 6.61. The van der Waals surface area contributed by atoms with Crippen LogP contribution in [-0.2, 0) is 0 Å². The molecule has 1 aromatic heterocycles. The number of aromatic nitrogens is 2. The predicted octanol–water partition coefficient (Wildman–Crippen LogP) is 2.74. The molecule has 2 unspecified atom stereocenters. The van der Waals surface area contributed by atoms with Crippen LogP contribution >= 0.6 is 11.8 Å². The monoisotopic (exact) mass is 270 g/mol. The molecule has 2 N–H and O–H groups in total. The van der Waals surface area contributed by atoms with Crippen molar-refractivity contribution in [2.45, 2.75) is 37.5 Å². The minimum atomic E-state index is -0.388. The maximum absolute atomic E-state index is 13.7. The summed E-state index contributed by atoms with van der Waals surface area (Å²) in [6.07, 6.45) is 4.68. The van der Waals surface area contributed by atoms with E-state index in [1.807, 2.05) is 11.8 Å². The fourth-order valence-electron chi connectivity index (χ4n) is 2.27. The molecular formula is C12H19FN4S. The first-order valence-electron chi connectivity index (χ1n) is 6.33. The van der Waals surface area contributed by atoms with Gasteiger partial charge in [-0.1, -0.05) is 13.3 Å². The minimum absolute atomic E-state index is 0.308. The van der Waals surface area contributed by atoms with Crippen molar-refractivity contribution in [3.63, 3.8) is 0 Å². The van der Waals surface area contributed by atoms with Crippen molar-refractivity contribution in [1.82, 2.24) is 9.97 Å². The molecule has 1 fully saturated rings. The summed E-state index contributed by atoms with van der Waals surface area (Å²) < 4.78 is 13.7. The Bertz CT molecular complexity index is 402. The van der Waals surface area contributed by atoms with Crippen molar-refractivity contribution in [3.05, 3.63) is 12.0 Å². The molecule has 4 nitrogen and oxygen atoms in total. The highest BCUT2D eigenvalue weighted by Gasteiger charge is 2.28.